The zero-order valence-electron chi connectivity index (χ0n) is 14.6. The van der Waals surface area contributed by atoms with E-state index in [4.69, 9.17) is 21.4 Å². The molecule has 0 radical (unpaired) electrons. The van der Waals surface area contributed by atoms with Crippen LogP contribution in [0.1, 0.15) is 35.4 Å². The van der Waals surface area contributed by atoms with Crippen molar-refractivity contribution in [1.82, 2.24) is 5.01 Å². The topological polar surface area (TPSA) is 24.8 Å². The van der Waals surface area contributed by atoms with Gasteiger partial charge in [0.1, 0.15) is 11.6 Å². The fraction of sp³-hybridized carbons (Fsp3) is 0.136. The zero-order chi connectivity index (χ0) is 19.3. The van der Waals surface area contributed by atoms with Crippen LogP contribution in [0, 0.1) is 5.82 Å². The lowest BCUT2D eigenvalue weighted by molar-refractivity contribution is -0.0211. The van der Waals surface area contributed by atoms with Gasteiger partial charge in [0.25, 0.3) is 0 Å². The van der Waals surface area contributed by atoms with E-state index in [-0.39, 0.29) is 6.04 Å². The first-order valence-corrected chi connectivity index (χ1v) is 10.1. The van der Waals surface area contributed by atoms with Crippen LogP contribution in [0.15, 0.2) is 76.3 Å². The van der Waals surface area contributed by atoms with Crippen LogP contribution in [0.25, 0.3) is 0 Å². The molecule has 0 aromatic heterocycles. The molecule has 3 aromatic carbocycles. The van der Waals surface area contributed by atoms with Gasteiger partial charge < -0.3 is 4.74 Å². The van der Waals surface area contributed by atoms with E-state index in [2.05, 4.69) is 15.9 Å². The molecule has 2 aliphatic rings. The van der Waals surface area contributed by atoms with Crippen molar-refractivity contribution in [2.24, 2.45) is 5.10 Å². The highest BCUT2D eigenvalue weighted by Crippen LogP contribution is 2.49. The molecule has 3 nitrogen and oxygen atoms in total. The number of hydrazone groups is 1. The SMILES string of the molecule is Fc1cccc(Cl)c1C1Oc2ccc(Br)cc2C2CC(c3ccccc3)=NN21. The second kappa shape index (κ2) is 6.90. The summed E-state index contributed by atoms with van der Waals surface area (Å²) in [6.45, 7) is 0. The maximum Gasteiger partial charge on any atom is 0.218 e. The highest BCUT2D eigenvalue weighted by molar-refractivity contribution is 9.10. The zero-order valence-corrected chi connectivity index (χ0v) is 17.0. The van der Waals surface area contributed by atoms with Gasteiger partial charge in [-0.3, -0.25) is 0 Å². The minimum Gasteiger partial charge on any atom is -0.464 e. The molecule has 140 valence electrons. The summed E-state index contributed by atoms with van der Waals surface area (Å²) in [6, 6.07) is 20.5. The van der Waals surface area contributed by atoms with E-state index in [0.29, 0.717) is 17.0 Å². The normalized spacial score (nSPS) is 20.2. The van der Waals surface area contributed by atoms with Gasteiger partial charge in [-0.05, 0) is 35.9 Å². The molecule has 0 N–H and O–H groups in total. The Kier molecular flexibility index (Phi) is 4.37. The highest BCUT2D eigenvalue weighted by atomic mass is 79.9. The average Bonchev–Trinajstić information content (AvgIpc) is 3.15. The molecule has 2 unspecified atom stereocenters. The summed E-state index contributed by atoms with van der Waals surface area (Å²) in [4.78, 5) is 0. The monoisotopic (exact) mass is 456 g/mol. The largest absolute Gasteiger partial charge is 0.464 e. The number of hydrogen-bond acceptors (Lipinski definition) is 3. The molecule has 6 heteroatoms. The number of benzene rings is 3. The van der Waals surface area contributed by atoms with Crippen molar-refractivity contribution in [3.63, 3.8) is 0 Å². The molecule has 0 fully saturated rings. The van der Waals surface area contributed by atoms with Gasteiger partial charge in [-0.15, -0.1) is 0 Å². The molecule has 2 aliphatic heterocycles. The first-order chi connectivity index (χ1) is 13.6. The quantitative estimate of drug-likeness (QED) is 0.440. The smallest absolute Gasteiger partial charge is 0.218 e. The predicted molar refractivity (Wildman–Crippen MR) is 111 cm³/mol. The number of fused-ring (bicyclic) bond motifs is 3. The van der Waals surface area contributed by atoms with E-state index in [1.165, 1.54) is 6.07 Å². The summed E-state index contributed by atoms with van der Waals surface area (Å²) in [5.41, 5.74) is 3.32. The second-order valence-corrected chi connectivity index (χ2v) is 8.12. The summed E-state index contributed by atoms with van der Waals surface area (Å²) in [5, 5.41) is 6.99. The third-order valence-corrected chi connectivity index (χ3v) is 5.93. The first-order valence-electron chi connectivity index (χ1n) is 8.93. The van der Waals surface area contributed by atoms with Crippen molar-refractivity contribution < 1.29 is 9.13 Å². The molecule has 3 aromatic rings. The fourth-order valence-corrected chi connectivity index (χ4v) is 4.44. The molecule has 2 atom stereocenters. The van der Waals surface area contributed by atoms with E-state index < -0.39 is 12.0 Å². The first kappa shape index (κ1) is 17.7. The van der Waals surface area contributed by atoms with E-state index in [0.717, 1.165) is 27.1 Å². The number of rotatable bonds is 2. The third-order valence-electron chi connectivity index (χ3n) is 5.11. The van der Waals surface area contributed by atoms with Crippen LogP contribution in [-0.4, -0.2) is 10.7 Å². The van der Waals surface area contributed by atoms with Crippen LogP contribution >= 0.6 is 27.5 Å². The maximum atomic E-state index is 14.7. The van der Waals surface area contributed by atoms with Gasteiger partial charge in [-0.25, -0.2) is 9.40 Å². The Hall–Kier alpha value is -2.37. The predicted octanol–water partition coefficient (Wildman–Crippen LogP) is 6.48. The molecule has 28 heavy (non-hydrogen) atoms. The lowest BCUT2D eigenvalue weighted by Gasteiger charge is -2.38. The van der Waals surface area contributed by atoms with Crippen LogP contribution in [0.3, 0.4) is 0 Å². The molecule has 0 aliphatic carbocycles. The number of hydrogen-bond donors (Lipinski definition) is 0. The van der Waals surface area contributed by atoms with Crippen molar-refractivity contribution in [2.45, 2.75) is 18.7 Å². The molecular formula is C22H15BrClFN2O. The number of ether oxygens (including phenoxy) is 1. The summed E-state index contributed by atoms with van der Waals surface area (Å²) in [5.74, 6) is 0.318. The van der Waals surface area contributed by atoms with Gasteiger partial charge in [0.15, 0.2) is 0 Å². The van der Waals surface area contributed by atoms with E-state index in [1.54, 1.807) is 12.1 Å². The second-order valence-electron chi connectivity index (χ2n) is 6.80. The van der Waals surface area contributed by atoms with Crippen molar-refractivity contribution in [2.75, 3.05) is 0 Å². The Morgan fingerprint density at radius 1 is 1.07 bits per heavy atom. The van der Waals surface area contributed by atoms with E-state index in [9.17, 15) is 4.39 Å². The van der Waals surface area contributed by atoms with Crippen LogP contribution in [-0.2, 0) is 0 Å². The van der Waals surface area contributed by atoms with Crippen molar-refractivity contribution in [1.29, 1.82) is 0 Å². The molecule has 0 saturated heterocycles. The summed E-state index contributed by atoms with van der Waals surface area (Å²) in [7, 11) is 0. The lowest BCUT2D eigenvalue weighted by Crippen LogP contribution is -2.34. The summed E-state index contributed by atoms with van der Waals surface area (Å²) < 4.78 is 21.9. The Morgan fingerprint density at radius 3 is 2.68 bits per heavy atom. The van der Waals surface area contributed by atoms with Gasteiger partial charge in [-0.2, -0.15) is 5.10 Å². The van der Waals surface area contributed by atoms with Crippen molar-refractivity contribution in [3.05, 3.63) is 98.7 Å². The minimum atomic E-state index is -0.728. The maximum absolute atomic E-state index is 14.7. The van der Waals surface area contributed by atoms with Crippen molar-refractivity contribution in [3.8, 4) is 5.75 Å². The minimum absolute atomic E-state index is 0.0582. The standard InChI is InChI=1S/C22H15BrClFN2O/c23-14-9-10-20-15(11-14)19-12-18(13-5-2-1-3-6-13)26-27(19)22(28-20)21-16(24)7-4-8-17(21)25/h1-11,19,22H,12H2. The highest BCUT2D eigenvalue weighted by Gasteiger charge is 2.42. The van der Waals surface area contributed by atoms with Gasteiger partial charge >= 0.3 is 0 Å². The molecule has 0 spiro atoms. The molecular weight excluding hydrogens is 443 g/mol. The Morgan fingerprint density at radius 2 is 1.89 bits per heavy atom. The van der Waals surface area contributed by atoms with Crippen LogP contribution in [0.4, 0.5) is 4.39 Å². The summed E-state index contributed by atoms with van der Waals surface area (Å²) in [6.07, 6.45) is -0.0204. The van der Waals surface area contributed by atoms with Crippen LogP contribution < -0.4 is 4.74 Å². The van der Waals surface area contributed by atoms with Crippen LogP contribution in [0.5, 0.6) is 5.75 Å². The average molecular weight is 458 g/mol. The summed E-state index contributed by atoms with van der Waals surface area (Å²) >= 11 is 9.89. The van der Waals surface area contributed by atoms with Crippen molar-refractivity contribution >= 4 is 33.2 Å². The molecule has 0 amide bonds. The van der Waals surface area contributed by atoms with E-state index >= 15 is 0 Å². The number of halogens is 3. The Balaban J connectivity index is 1.66. The fourth-order valence-electron chi connectivity index (χ4n) is 3.80. The number of nitrogens with zero attached hydrogens (tertiary/aromatic N) is 2. The molecule has 0 saturated carbocycles. The van der Waals surface area contributed by atoms with E-state index in [1.807, 2.05) is 53.5 Å². The third kappa shape index (κ3) is 2.90. The Labute approximate surface area is 175 Å². The lowest BCUT2D eigenvalue weighted by atomic mass is 9.96. The van der Waals surface area contributed by atoms with Gasteiger partial charge in [0, 0.05) is 16.5 Å². The van der Waals surface area contributed by atoms with Gasteiger partial charge in [0.2, 0.25) is 6.23 Å². The van der Waals surface area contributed by atoms with Crippen LogP contribution in [0.2, 0.25) is 5.02 Å². The Bertz CT molecular complexity index is 1070. The molecule has 0 bridgehead atoms. The molecule has 2 heterocycles. The molecule has 5 rings (SSSR count). The van der Waals surface area contributed by atoms with Gasteiger partial charge in [-0.1, -0.05) is 63.9 Å². The van der Waals surface area contributed by atoms with Gasteiger partial charge in [0.05, 0.1) is 22.3 Å².